The minimum Gasteiger partial charge on any atom is -0.349 e. The van der Waals surface area contributed by atoms with Crippen LogP contribution in [0.4, 0.5) is 0 Å². The van der Waals surface area contributed by atoms with Gasteiger partial charge in [0.15, 0.2) is 0 Å². The number of rotatable bonds is 4. The van der Waals surface area contributed by atoms with Crippen LogP contribution in [-0.4, -0.2) is 20.4 Å². The maximum atomic E-state index is 12.2. The van der Waals surface area contributed by atoms with Crippen molar-refractivity contribution in [2.24, 2.45) is 11.1 Å². The maximum Gasteiger partial charge on any atom is 0.251 e. The number of hydrogen-bond donors (Lipinski definition) is 2. The van der Waals surface area contributed by atoms with Gasteiger partial charge < -0.3 is 5.32 Å². The summed E-state index contributed by atoms with van der Waals surface area (Å²) in [5, 5.41) is 8.06. The highest BCUT2D eigenvalue weighted by molar-refractivity contribution is 9.10. The van der Waals surface area contributed by atoms with E-state index in [4.69, 9.17) is 5.14 Å². The number of nitrogens with one attached hydrogen (secondary N) is 1. The fourth-order valence-electron chi connectivity index (χ4n) is 2.08. The Balaban J connectivity index is 2.32. The topological polar surface area (TPSA) is 89.3 Å². The molecule has 0 saturated heterocycles. The van der Waals surface area contributed by atoms with Crippen molar-refractivity contribution in [3.8, 4) is 0 Å². The first-order valence-electron chi connectivity index (χ1n) is 6.34. The van der Waals surface area contributed by atoms with E-state index in [0.717, 1.165) is 12.8 Å². The Labute approximate surface area is 127 Å². The molecule has 1 aliphatic carbocycles. The van der Waals surface area contributed by atoms with Crippen LogP contribution in [-0.2, 0) is 10.0 Å². The van der Waals surface area contributed by atoms with Crippen LogP contribution in [0.25, 0.3) is 0 Å². The Morgan fingerprint density at radius 3 is 2.55 bits per heavy atom. The van der Waals surface area contributed by atoms with Gasteiger partial charge in [-0.25, -0.2) is 13.6 Å². The lowest BCUT2D eigenvalue weighted by Gasteiger charge is -2.14. The Hall–Kier alpha value is -0.920. The second-order valence-corrected chi connectivity index (χ2v) is 7.61. The Morgan fingerprint density at radius 1 is 1.45 bits per heavy atom. The molecule has 0 bridgehead atoms. The minimum absolute atomic E-state index is 0.0314. The van der Waals surface area contributed by atoms with Gasteiger partial charge in [0.2, 0.25) is 10.0 Å². The van der Waals surface area contributed by atoms with Crippen molar-refractivity contribution in [2.45, 2.75) is 37.6 Å². The predicted octanol–water partition coefficient (Wildman–Crippen LogP) is 1.93. The lowest BCUT2D eigenvalue weighted by molar-refractivity contribution is 0.0935. The van der Waals surface area contributed by atoms with E-state index in [1.54, 1.807) is 13.0 Å². The van der Waals surface area contributed by atoms with Crippen LogP contribution in [0.15, 0.2) is 21.5 Å². The van der Waals surface area contributed by atoms with Gasteiger partial charge >= 0.3 is 0 Å². The summed E-state index contributed by atoms with van der Waals surface area (Å²) in [7, 11) is -3.85. The molecule has 0 aliphatic heterocycles. The van der Waals surface area contributed by atoms with Gasteiger partial charge in [-0.1, -0.05) is 15.9 Å². The zero-order valence-corrected chi connectivity index (χ0v) is 13.7. The van der Waals surface area contributed by atoms with Crippen LogP contribution in [0.3, 0.4) is 0 Å². The number of halogens is 1. The second-order valence-electron chi connectivity index (χ2n) is 5.23. The number of carbonyl (C=O) groups excluding carboxylic acids is 1. The van der Waals surface area contributed by atoms with Gasteiger partial charge in [0.1, 0.15) is 0 Å². The monoisotopic (exact) mass is 360 g/mol. The minimum atomic E-state index is -3.85. The van der Waals surface area contributed by atoms with Crippen molar-refractivity contribution >= 4 is 31.9 Å². The molecule has 1 aliphatic rings. The summed E-state index contributed by atoms with van der Waals surface area (Å²) in [6, 6.07) is 3.03. The molecule has 1 aromatic carbocycles. The average molecular weight is 361 g/mol. The van der Waals surface area contributed by atoms with Crippen molar-refractivity contribution in [3.63, 3.8) is 0 Å². The summed E-state index contributed by atoms with van der Waals surface area (Å²) in [6.45, 7) is 3.59. The molecule has 0 heterocycles. The number of primary sulfonamides is 1. The highest BCUT2D eigenvalue weighted by atomic mass is 79.9. The normalized spacial score (nSPS) is 16.8. The van der Waals surface area contributed by atoms with Crippen molar-refractivity contribution in [1.82, 2.24) is 5.32 Å². The molecule has 20 heavy (non-hydrogen) atoms. The van der Waals surface area contributed by atoms with E-state index >= 15 is 0 Å². The van der Waals surface area contributed by atoms with Gasteiger partial charge in [0, 0.05) is 16.1 Å². The zero-order chi connectivity index (χ0) is 15.1. The van der Waals surface area contributed by atoms with Crippen LogP contribution in [0, 0.1) is 12.8 Å². The van der Waals surface area contributed by atoms with Crippen molar-refractivity contribution in [3.05, 3.63) is 27.7 Å². The number of benzene rings is 1. The van der Waals surface area contributed by atoms with Crippen molar-refractivity contribution in [2.75, 3.05) is 0 Å². The van der Waals surface area contributed by atoms with Gasteiger partial charge in [0.25, 0.3) is 5.91 Å². The molecule has 1 saturated carbocycles. The van der Waals surface area contributed by atoms with E-state index in [-0.39, 0.29) is 16.8 Å². The van der Waals surface area contributed by atoms with Gasteiger partial charge in [-0.15, -0.1) is 0 Å². The first kappa shape index (κ1) is 15.5. The Bertz CT molecular complexity index is 654. The number of sulfonamides is 1. The largest absolute Gasteiger partial charge is 0.349 e. The quantitative estimate of drug-likeness (QED) is 0.859. The van der Waals surface area contributed by atoms with Crippen LogP contribution < -0.4 is 10.5 Å². The smallest absolute Gasteiger partial charge is 0.251 e. The second kappa shape index (κ2) is 5.46. The highest BCUT2D eigenvalue weighted by Gasteiger charge is 2.29. The van der Waals surface area contributed by atoms with Gasteiger partial charge in [-0.2, -0.15) is 0 Å². The lowest BCUT2D eigenvalue weighted by atomic mass is 10.1. The van der Waals surface area contributed by atoms with Gasteiger partial charge in [-0.3, -0.25) is 4.79 Å². The molecule has 1 atom stereocenters. The first-order chi connectivity index (χ1) is 9.20. The van der Waals surface area contributed by atoms with Crippen molar-refractivity contribution < 1.29 is 13.2 Å². The number of hydrogen-bond acceptors (Lipinski definition) is 3. The third-order valence-electron chi connectivity index (χ3n) is 3.55. The summed E-state index contributed by atoms with van der Waals surface area (Å²) in [5.74, 6) is 0.251. The van der Waals surface area contributed by atoms with E-state index < -0.39 is 10.0 Å². The molecule has 0 aromatic heterocycles. The molecule has 2 rings (SSSR count). The lowest BCUT2D eigenvalue weighted by Crippen LogP contribution is -2.34. The Morgan fingerprint density at radius 2 is 2.05 bits per heavy atom. The molecule has 1 fully saturated rings. The van der Waals surface area contributed by atoms with Crippen molar-refractivity contribution in [1.29, 1.82) is 0 Å². The summed E-state index contributed by atoms with van der Waals surface area (Å²) >= 11 is 3.27. The summed E-state index contributed by atoms with van der Waals surface area (Å²) in [4.78, 5) is 12.1. The van der Waals surface area contributed by atoms with Crippen LogP contribution in [0.1, 0.15) is 35.7 Å². The van der Waals surface area contributed by atoms with Gasteiger partial charge in [0.05, 0.1) is 4.90 Å². The number of amides is 1. The standard InChI is InChI=1S/C13H17BrN2O3S/c1-7-11(14)5-10(6-12(7)20(15,18)19)13(17)16-8(2)9-3-4-9/h5-6,8-9H,3-4H2,1-2H3,(H,16,17)(H2,15,18,19). The van der Waals surface area contributed by atoms with E-state index in [0.29, 0.717) is 21.5 Å². The average Bonchev–Trinajstić information content (AvgIpc) is 3.14. The Kier molecular flexibility index (Phi) is 4.22. The van der Waals surface area contributed by atoms with E-state index in [1.165, 1.54) is 6.07 Å². The van der Waals surface area contributed by atoms with Crippen LogP contribution in [0.2, 0.25) is 0 Å². The van der Waals surface area contributed by atoms with E-state index in [9.17, 15) is 13.2 Å². The first-order valence-corrected chi connectivity index (χ1v) is 8.68. The molecular weight excluding hydrogens is 344 g/mol. The molecule has 3 N–H and O–H groups in total. The number of nitrogens with two attached hydrogens (primary N) is 1. The molecule has 1 amide bonds. The predicted molar refractivity (Wildman–Crippen MR) is 79.9 cm³/mol. The van der Waals surface area contributed by atoms with E-state index in [2.05, 4.69) is 21.2 Å². The fraction of sp³-hybridized carbons (Fsp3) is 0.462. The molecule has 1 unspecified atom stereocenters. The molecule has 0 spiro atoms. The molecular formula is C13H17BrN2O3S. The van der Waals surface area contributed by atoms with E-state index in [1.807, 2.05) is 6.92 Å². The summed E-state index contributed by atoms with van der Waals surface area (Å²) in [5.41, 5.74) is 0.790. The van der Waals surface area contributed by atoms with Crippen LogP contribution in [0.5, 0.6) is 0 Å². The fourth-order valence-corrected chi connectivity index (χ4v) is 3.50. The SMILES string of the molecule is Cc1c(Br)cc(C(=O)NC(C)C2CC2)cc1S(N)(=O)=O. The van der Waals surface area contributed by atoms with Gasteiger partial charge in [-0.05, 0) is 50.3 Å². The summed E-state index contributed by atoms with van der Waals surface area (Å²) < 4.78 is 23.6. The molecule has 0 radical (unpaired) electrons. The summed E-state index contributed by atoms with van der Waals surface area (Å²) in [6.07, 6.45) is 2.25. The number of carbonyl (C=O) groups is 1. The highest BCUT2D eigenvalue weighted by Crippen LogP contribution is 2.32. The van der Waals surface area contributed by atoms with Crippen LogP contribution >= 0.6 is 15.9 Å². The molecule has 1 aromatic rings. The third kappa shape index (κ3) is 3.39. The molecule has 110 valence electrons. The molecule has 5 nitrogen and oxygen atoms in total. The zero-order valence-electron chi connectivity index (χ0n) is 11.3. The third-order valence-corrected chi connectivity index (χ3v) is 5.41. The maximum absolute atomic E-state index is 12.2. The molecule has 7 heteroatoms.